The Hall–Kier alpha value is -1.55. The van der Waals surface area contributed by atoms with Crippen LogP contribution in [-0.4, -0.2) is 18.6 Å². The van der Waals surface area contributed by atoms with E-state index in [4.69, 9.17) is 10.5 Å². The average Bonchev–Trinajstić information content (AvgIpc) is 2.31. The number of rotatable bonds is 6. The van der Waals surface area contributed by atoms with Crippen molar-refractivity contribution in [2.75, 3.05) is 11.9 Å². The molecule has 1 unspecified atom stereocenters. The third-order valence-electron chi connectivity index (χ3n) is 2.89. The van der Waals surface area contributed by atoms with Crippen molar-refractivity contribution in [3.05, 3.63) is 24.3 Å². The SMILES string of the molecule is CC(C)Oc1ccc(NC(=O)C(CN)C(C)C)cc1. The maximum Gasteiger partial charge on any atom is 0.229 e. The van der Waals surface area contributed by atoms with E-state index in [0.29, 0.717) is 6.54 Å². The number of nitrogens with two attached hydrogens (primary N) is 1. The van der Waals surface area contributed by atoms with Gasteiger partial charge >= 0.3 is 0 Å². The van der Waals surface area contributed by atoms with Gasteiger partial charge in [0.1, 0.15) is 5.75 Å². The average molecular weight is 264 g/mol. The summed E-state index contributed by atoms with van der Waals surface area (Å²) in [5, 5.41) is 2.88. The van der Waals surface area contributed by atoms with Gasteiger partial charge in [-0.25, -0.2) is 0 Å². The predicted octanol–water partition coefficient (Wildman–Crippen LogP) is 2.64. The standard InChI is InChI=1S/C15H24N2O2/c1-10(2)14(9-16)15(18)17-12-5-7-13(8-6-12)19-11(3)4/h5-8,10-11,14H,9,16H2,1-4H3,(H,17,18). The van der Waals surface area contributed by atoms with E-state index in [9.17, 15) is 4.79 Å². The molecule has 0 spiro atoms. The fraction of sp³-hybridized carbons (Fsp3) is 0.533. The van der Waals surface area contributed by atoms with Crippen molar-refractivity contribution >= 4 is 11.6 Å². The molecule has 1 atom stereocenters. The molecule has 0 aliphatic rings. The molecule has 0 aliphatic carbocycles. The van der Waals surface area contributed by atoms with E-state index in [1.54, 1.807) is 0 Å². The summed E-state index contributed by atoms with van der Waals surface area (Å²) in [7, 11) is 0. The Kier molecular flexibility index (Phi) is 5.83. The number of nitrogens with one attached hydrogen (secondary N) is 1. The van der Waals surface area contributed by atoms with Gasteiger partial charge in [-0.1, -0.05) is 13.8 Å². The Balaban J connectivity index is 2.64. The van der Waals surface area contributed by atoms with E-state index < -0.39 is 0 Å². The molecule has 1 aromatic rings. The molecule has 1 rings (SSSR count). The van der Waals surface area contributed by atoms with E-state index in [1.807, 2.05) is 52.0 Å². The Labute approximate surface area is 115 Å². The third kappa shape index (κ3) is 4.91. The van der Waals surface area contributed by atoms with Crippen molar-refractivity contribution in [3.63, 3.8) is 0 Å². The number of carbonyl (C=O) groups is 1. The smallest absolute Gasteiger partial charge is 0.229 e. The topological polar surface area (TPSA) is 64.3 Å². The van der Waals surface area contributed by atoms with Gasteiger partial charge in [-0.2, -0.15) is 0 Å². The van der Waals surface area contributed by atoms with Crippen LogP contribution in [0.5, 0.6) is 5.75 Å². The van der Waals surface area contributed by atoms with Gasteiger partial charge < -0.3 is 15.8 Å². The number of hydrogen-bond donors (Lipinski definition) is 2. The molecule has 0 aromatic heterocycles. The van der Waals surface area contributed by atoms with Crippen LogP contribution < -0.4 is 15.8 Å². The summed E-state index contributed by atoms with van der Waals surface area (Å²) in [6, 6.07) is 7.37. The molecular weight excluding hydrogens is 240 g/mol. The van der Waals surface area contributed by atoms with E-state index in [2.05, 4.69) is 5.32 Å². The van der Waals surface area contributed by atoms with Gasteiger partial charge in [-0.15, -0.1) is 0 Å². The normalized spacial score (nSPS) is 12.6. The first-order chi connectivity index (χ1) is 8.93. The van der Waals surface area contributed by atoms with E-state index in [0.717, 1.165) is 11.4 Å². The first-order valence-electron chi connectivity index (χ1n) is 6.71. The van der Waals surface area contributed by atoms with Crippen molar-refractivity contribution in [2.45, 2.75) is 33.8 Å². The third-order valence-corrected chi connectivity index (χ3v) is 2.89. The number of hydrogen-bond acceptors (Lipinski definition) is 3. The van der Waals surface area contributed by atoms with Crippen molar-refractivity contribution < 1.29 is 9.53 Å². The summed E-state index contributed by atoms with van der Waals surface area (Å²) in [5.41, 5.74) is 6.39. The minimum atomic E-state index is -0.161. The van der Waals surface area contributed by atoms with Crippen LogP contribution in [0.4, 0.5) is 5.69 Å². The Bertz CT molecular complexity index is 399. The number of anilines is 1. The highest BCUT2D eigenvalue weighted by atomic mass is 16.5. The van der Waals surface area contributed by atoms with Crippen LogP contribution in [0.25, 0.3) is 0 Å². The molecule has 0 saturated heterocycles. The fourth-order valence-electron chi connectivity index (χ4n) is 1.81. The minimum absolute atomic E-state index is 0.0324. The molecule has 106 valence electrons. The number of benzene rings is 1. The first kappa shape index (κ1) is 15.5. The second kappa shape index (κ2) is 7.14. The van der Waals surface area contributed by atoms with Crippen LogP contribution in [-0.2, 0) is 4.79 Å². The van der Waals surface area contributed by atoms with Crippen LogP contribution in [0.1, 0.15) is 27.7 Å². The molecule has 4 heteroatoms. The van der Waals surface area contributed by atoms with Crippen LogP contribution in [0.3, 0.4) is 0 Å². The van der Waals surface area contributed by atoms with Gasteiger partial charge in [-0.3, -0.25) is 4.79 Å². The van der Waals surface area contributed by atoms with Gasteiger partial charge in [0.2, 0.25) is 5.91 Å². The van der Waals surface area contributed by atoms with Gasteiger partial charge in [0, 0.05) is 12.2 Å². The van der Waals surface area contributed by atoms with Crippen LogP contribution in [0, 0.1) is 11.8 Å². The zero-order valence-electron chi connectivity index (χ0n) is 12.1. The van der Waals surface area contributed by atoms with Crippen LogP contribution in [0.15, 0.2) is 24.3 Å². The molecule has 1 aromatic carbocycles. The summed E-state index contributed by atoms with van der Waals surface area (Å²) in [6.45, 7) is 8.31. The highest BCUT2D eigenvalue weighted by Crippen LogP contribution is 2.18. The van der Waals surface area contributed by atoms with Gasteiger partial charge in [0.15, 0.2) is 0 Å². The summed E-state index contributed by atoms with van der Waals surface area (Å²) in [4.78, 5) is 12.0. The molecule has 1 amide bonds. The molecule has 19 heavy (non-hydrogen) atoms. The minimum Gasteiger partial charge on any atom is -0.491 e. The predicted molar refractivity (Wildman–Crippen MR) is 78.2 cm³/mol. The largest absolute Gasteiger partial charge is 0.491 e. The molecule has 0 bridgehead atoms. The fourth-order valence-corrected chi connectivity index (χ4v) is 1.81. The molecule has 3 N–H and O–H groups in total. The van der Waals surface area contributed by atoms with E-state index in [1.165, 1.54) is 0 Å². The lowest BCUT2D eigenvalue weighted by molar-refractivity contribution is -0.120. The zero-order valence-corrected chi connectivity index (χ0v) is 12.1. The lowest BCUT2D eigenvalue weighted by Crippen LogP contribution is -2.33. The summed E-state index contributed by atoms with van der Waals surface area (Å²) in [5.74, 6) is 0.836. The molecule has 0 fully saturated rings. The maximum absolute atomic E-state index is 12.0. The summed E-state index contributed by atoms with van der Waals surface area (Å²) in [6.07, 6.45) is 0.142. The first-order valence-corrected chi connectivity index (χ1v) is 6.71. The molecule has 0 heterocycles. The maximum atomic E-state index is 12.0. The Morgan fingerprint density at radius 3 is 2.21 bits per heavy atom. The molecule has 0 saturated carbocycles. The second-order valence-corrected chi connectivity index (χ2v) is 5.27. The Morgan fingerprint density at radius 2 is 1.79 bits per heavy atom. The second-order valence-electron chi connectivity index (χ2n) is 5.27. The van der Waals surface area contributed by atoms with Crippen LogP contribution >= 0.6 is 0 Å². The number of carbonyl (C=O) groups excluding carboxylic acids is 1. The highest BCUT2D eigenvalue weighted by molar-refractivity contribution is 5.92. The highest BCUT2D eigenvalue weighted by Gasteiger charge is 2.20. The molecule has 0 aliphatic heterocycles. The van der Waals surface area contributed by atoms with Gasteiger partial charge in [0.05, 0.1) is 12.0 Å². The van der Waals surface area contributed by atoms with Gasteiger partial charge in [-0.05, 0) is 44.0 Å². The monoisotopic (exact) mass is 264 g/mol. The molecular formula is C15H24N2O2. The van der Waals surface area contributed by atoms with Gasteiger partial charge in [0.25, 0.3) is 0 Å². The molecule has 0 radical (unpaired) electrons. The summed E-state index contributed by atoms with van der Waals surface area (Å²) < 4.78 is 5.55. The lowest BCUT2D eigenvalue weighted by Gasteiger charge is -2.18. The van der Waals surface area contributed by atoms with Crippen LogP contribution in [0.2, 0.25) is 0 Å². The van der Waals surface area contributed by atoms with Crippen molar-refractivity contribution in [3.8, 4) is 5.75 Å². The van der Waals surface area contributed by atoms with Crippen molar-refractivity contribution in [1.29, 1.82) is 0 Å². The quantitative estimate of drug-likeness (QED) is 0.830. The van der Waals surface area contributed by atoms with E-state index >= 15 is 0 Å². The number of amides is 1. The van der Waals surface area contributed by atoms with E-state index in [-0.39, 0.29) is 23.8 Å². The lowest BCUT2D eigenvalue weighted by atomic mass is 9.95. The van der Waals surface area contributed by atoms with Crippen molar-refractivity contribution in [1.82, 2.24) is 0 Å². The molecule has 4 nitrogen and oxygen atoms in total. The summed E-state index contributed by atoms with van der Waals surface area (Å²) >= 11 is 0. The Morgan fingerprint density at radius 1 is 1.21 bits per heavy atom. The zero-order chi connectivity index (χ0) is 14.4. The number of ether oxygens (including phenoxy) is 1. The van der Waals surface area contributed by atoms with Crippen molar-refractivity contribution in [2.24, 2.45) is 17.6 Å².